The molecule has 2 aliphatic heterocycles. The molecule has 31 heavy (non-hydrogen) atoms. The third-order valence-electron chi connectivity index (χ3n) is 6.15. The number of fused-ring (bicyclic) bond motifs is 2. The largest absolute Gasteiger partial charge is 0.334 e. The Morgan fingerprint density at radius 3 is 2.26 bits per heavy atom. The highest BCUT2D eigenvalue weighted by Crippen LogP contribution is 2.36. The van der Waals surface area contributed by atoms with Gasteiger partial charge in [0.2, 0.25) is 16.0 Å². The van der Waals surface area contributed by atoms with Crippen molar-refractivity contribution in [2.45, 2.75) is 29.8 Å². The summed E-state index contributed by atoms with van der Waals surface area (Å²) in [6, 6.07) is 13.7. The second-order valence-corrected chi connectivity index (χ2v) is 9.94. The van der Waals surface area contributed by atoms with Gasteiger partial charge in [-0.25, -0.2) is 13.4 Å². The minimum absolute atomic E-state index is 0.0250. The number of piperazine rings is 1. The van der Waals surface area contributed by atoms with E-state index in [0.717, 1.165) is 18.4 Å². The predicted molar refractivity (Wildman–Crippen MR) is 117 cm³/mol. The first kappa shape index (κ1) is 19.9. The van der Waals surface area contributed by atoms with Crippen LogP contribution < -0.4 is 10.5 Å². The van der Waals surface area contributed by atoms with Crippen LogP contribution in [-0.4, -0.2) is 52.4 Å². The first-order chi connectivity index (χ1) is 14.9. The van der Waals surface area contributed by atoms with Crippen molar-refractivity contribution in [2.75, 3.05) is 18.0 Å². The molecular formula is C22H23N5O3S. The number of sulfonamides is 1. The van der Waals surface area contributed by atoms with Crippen LogP contribution in [0.5, 0.6) is 0 Å². The molecular weight excluding hydrogens is 414 g/mol. The van der Waals surface area contributed by atoms with Crippen LogP contribution in [0, 0.1) is 0 Å². The summed E-state index contributed by atoms with van der Waals surface area (Å²) in [5.74, 6) is 0.587. The van der Waals surface area contributed by atoms with E-state index in [2.05, 4.69) is 9.88 Å². The van der Waals surface area contributed by atoms with Gasteiger partial charge in [-0.05, 0) is 37.1 Å². The number of pyridine rings is 1. The van der Waals surface area contributed by atoms with Gasteiger partial charge in [0.05, 0.1) is 10.6 Å². The van der Waals surface area contributed by atoms with Crippen LogP contribution in [0.3, 0.4) is 0 Å². The number of rotatable bonds is 4. The fraction of sp³-hybridized carbons (Fsp3) is 0.318. The van der Waals surface area contributed by atoms with Crippen molar-refractivity contribution in [2.24, 2.45) is 7.05 Å². The lowest BCUT2D eigenvalue weighted by atomic mass is 10.2. The van der Waals surface area contributed by atoms with Crippen molar-refractivity contribution in [1.29, 1.82) is 0 Å². The Morgan fingerprint density at radius 1 is 0.968 bits per heavy atom. The number of anilines is 1. The highest BCUT2D eigenvalue weighted by Gasteiger charge is 2.45. The van der Waals surface area contributed by atoms with Crippen molar-refractivity contribution < 1.29 is 8.42 Å². The highest BCUT2D eigenvalue weighted by molar-refractivity contribution is 7.89. The molecule has 0 radical (unpaired) electrons. The zero-order valence-corrected chi connectivity index (χ0v) is 17.9. The monoisotopic (exact) mass is 437 g/mol. The number of benzene rings is 1. The SMILES string of the molecule is Cn1c(N2C3CC[C@@H]2CN(S(=O)(=O)c2ccccc2)C3)nc(-c2ccncc2)cc1=O. The summed E-state index contributed by atoms with van der Waals surface area (Å²) in [5.41, 5.74) is 1.28. The number of hydrogen-bond acceptors (Lipinski definition) is 6. The van der Waals surface area contributed by atoms with E-state index in [1.807, 2.05) is 18.2 Å². The van der Waals surface area contributed by atoms with Gasteiger partial charge in [-0.3, -0.25) is 14.3 Å². The number of hydrogen-bond donors (Lipinski definition) is 0. The molecule has 4 heterocycles. The third kappa shape index (κ3) is 3.43. The van der Waals surface area contributed by atoms with E-state index in [-0.39, 0.29) is 17.6 Å². The van der Waals surface area contributed by atoms with Gasteiger partial charge in [-0.1, -0.05) is 18.2 Å². The van der Waals surface area contributed by atoms with Crippen LogP contribution in [0.2, 0.25) is 0 Å². The molecule has 0 spiro atoms. The van der Waals surface area contributed by atoms with Gasteiger partial charge >= 0.3 is 0 Å². The Kier molecular flexibility index (Phi) is 4.86. The Balaban J connectivity index is 1.49. The highest BCUT2D eigenvalue weighted by atomic mass is 32.2. The second-order valence-electron chi connectivity index (χ2n) is 8.00. The van der Waals surface area contributed by atoms with Crippen LogP contribution in [0.15, 0.2) is 70.6 Å². The number of nitrogens with zero attached hydrogens (tertiary/aromatic N) is 5. The van der Waals surface area contributed by atoms with E-state index < -0.39 is 10.0 Å². The summed E-state index contributed by atoms with van der Waals surface area (Å²) in [6.07, 6.45) is 5.07. The van der Waals surface area contributed by atoms with Crippen molar-refractivity contribution in [3.8, 4) is 11.3 Å². The maximum absolute atomic E-state index is 13.1. The van der Waals surface area contributed by atoms with E-state index in [4.69, 9.17) is 4.98 Å². The smallest absolute Gasteiger partial charge is 0.255 e. The molecule has 2 atom stereocenters. The van der Waals surface area contributed by atoms with Crippen molar-refractivity contribution in [3.05, 3.63) is 71.3 Å². The predicted octanol–water partition coefficient (Wildman–Crippen LogP) is 1.88. The first-order valence-electron chi connectivity index (χ1n) is 10.3. The van der Waals surface area contributed by atoms with Crippen LogP contribution >= 0.6 is 0 Å². The zero-order chi connectivity index (χ0) is 21.6. The zero-order valence-electron chi connectivity index (χ0n) is 17.1. The van der Waals surface area contributed by atoms with Crippen LogP contribution in [-0.2, 0) is 17.1 Å². The van der Waals surface area contributed by atoms with E-state index in [1.165, 1.54) is 6.07 Å². The molecule has 2 fully saturated rings. The molecule has 0 saturated carbocycles. The van der Waals surface area contributed by atoms with Gasteiger partial charge in [0.15, 0.2) is 0 Å². The van der Waals surface area contributed by atoms with Gasteiger partial charge in [-0.2, -0.15) is 4.31 Å². The van der Waals surface area contributed by atoms with Gasteiger partial charge in [0.25, 0.3) is 5.56 Å². The lowest BCUT2D eigenvalue weighted by molar-refractivity contribution is 0.326. The van der Waals surface area contributed by atoms with Gasteiger partial charge in [0.1, 0.15) is 0 Å². The third-order valence-corrected chi connectivity index (χ3v) is 7.99. The summed E-state index contributed by atoms with van der Waals surface area (Å²) in [5, 5.41) is 0. The standard InChI is InChI=1S/C22H23N5O3S/c1-25-21(28)13-20(16-9-11-23-12-10-16)24-22(25)27-17-7-8-18(27)15-26(14-17)31(29,30)19-5-3-2-4-6-19/h2-6,9-13,17-18H,7-8,14-15H2,1H3/t17-,18?/m1/s1. The minimum atomic E-state index is -3.55. The molecule has 0 N–H and O–H groups in total. The van der Waals surface area contributed by atoms with Crippen molar-refractivity contribution in [3.63, 3.8) is 0 Å². The summed E-state index contributed by atoms with van der Waals surface area (Å²) in [7, 11) is -1.84. The van der Waals surface area contributed by atoms with Crippen LogP contribution in [0.4, 0.5) is 5.95 Å². The molecule has 2 saturated heterocycles. The summed E-state index contributed by atoms with van der Waals surface area (Å²) >= 11 is 0. The molecule has 5 rings (SSSR count). The Hall–Kier alpha value is -3.04. The Morgan fingerprint density at radius 2 is 1.61 bits per heavy atom. The molecule has 1 unspecified atom stereocenters. The summed E-state index contributed by atoms with van der Waals surface area (Å²) in [4.78, 5) is 24.0. The average Bonchev–Trinajstić information content (AvgIpc) is 3.05. The maximum atomic E-state index is 13.1. The van der Waals surface area contributed by atoms with E-state index >= 15 is 0 Å². The van der Waals surface area contributed by atoms with E-state index in [9.17, 15) is 13.2 Å². The van der Waals surface area contributed by atoms with E-state index in [0.29, 0.717) is 29.6 Å². The molecule has 9 heteroatoms. The van der Waals surface area contributed by atoms with E-state index in [1.54, 1.807) is 52.6 Å². The van der Waals surface area contributed by atoms with Crippen LogP contribution in [0.1, 0.15) is 12.8 Å². The van der Waals surface area contributed by atoms with Crippen molar-refractivity contribution >= 4 is 16.0 Å². The average molecular weight is 438 g/mol. The molecule has 8 nitrogen and oxygen atoms in total. The normalized spacial score (nSPS) is 21.4. The summed E-state index contributed by atoms with van der Waals surface area (Å²) < 4.78 is 29.4. The molecule has 1 aromatic carbocycles. The minimum Gasteiger partial charge on any atom is -0.334 e. The first-order valence-corrected chi connectivity index (χ1v) is 11.7. The lowest BCUT2D eigenvalue weighted by Crippen LogP contribution is -2.56. The van der Waals surface area contributed by atoms with Gasteiger partial charge in [0, 0.05) is 56.2 Å². The topological polar surface area (TPSA) is 88.4 Å². The summed E-state index contributed by atoms with van der Waals surface area (Å²) in [6.45, 7) is 0.756. The molecule has 0 amide bonds. The van der Waals surface area contributed by atoms with Crippen LogP contribution in [0.25, 0.3) is 11.3 Å². The van der Waals surface area contributed by atoms with Crippen molar-refractivity contribution in [1.82, 2.24) is 18.8 Å². The fourth-order valence-corrected chi connectivity index (χ4v) is 6.09. The Labute approximate surface area is 180 Å². The molecule has 3 aromatic rings. The molecule has 2 bridgehead atoms. The Bertz CT molecular complexity index is 1250. The molecule has 2 aromatic heterocycles. The molecule has 160 valence electrons. The fourth-order valence-electron chi connectivity index (χ4n) is 4.56. The molecule has 0 aliphatic carbocycles. The van der Waals surface area contributed by atoms with Gasteiger partial charge < -0.3 is 4.90 Å². The lowest BCUT2D eigenvalue weighted by Gasteiger charge is -2.41. The molecule has 2 aliphatic rings. The second kappa shape index (κ2) is 7.58. The maximum Gasteiger partial charge on any atom is 0.255 e. The van der Waals surface area contributed by atoms with Gasteiger partial charge in [-0.15, -0.1) is 0 Å². The number of aromatic nitrogens is 3. The quantitative estimate of drug-likeness (QED) is 0.619.